The summed E-state index contributed by atoms with van der Waals surface area (Å²) in [5.74, 6) is 0.107. The molecule has 0 aliphatic carbocycles. The third-order valence-electron chi connectivity index (χ3n) is 3.27. The summed E-state index contributed by atoms with van der Waals surface area (Å²) in [7, 11) is 0. The molecular formula is C16H15ClN4O. The lowest BCUT2D eigenvalue weighted by Gasteiger charge is -2.04. The van der Waals surface area contributed by atoms with Gasteiger partial charge in [0.25, 0.3) is 0 Å². The van der Waals surface area contributed by atoms with Crippen molar-refractivity contribution in [2.24, 2.45) is 0 Å². The average molecular weight is 315 g/mol. The summed E-state index contributed by atoms with van der Waals surface area (Å²) in [5, 5.41) is 14.9. The van der Waals surface area contributed by atoms with Gasteiger partial charge in [-0.3, -0.25) is 4.68 Å². The van der Waals surface area contributed by atoms with Crippen molar-refractivity contribution in [3.8, 4) is 28.3 Å². The van der Waals surface area contributed by atoms with E-state index < -0.39 is 0 Å². The number of phenols is 1. The van der Waals surface area contributed by atoms with Gasteiger partial charge in [-0.05, 0) is 38.1 Å². The standard InChI is InChI=1S/C16H15ClN4O/c1-10(2)21-8-14(15-3-4-18-9-19-15)16(20-21)11-5-12(17)7-13(22)6-11/h3-10,22H,1-2H3. The second kappa shape index (κ2) is 5.77. The van der Waals surface area contributed by atoms with Gasteiger partial charge in [0, 0.05) is 34.6 Å². The highest BCUT2D eigenvalue weighted by atomic mass is 35.5. The van der Waals surface area contributed by atoms with Crippen LogP contribution in [0.3, 0.4) is 0 Å². The molecule has 1 aromatic carbocycles. The summed E-state index contributed by atoms with van der Waals surface area (Å²) in [5.41, 5.74) is 3.12. The fraction of sp³-hybridized carbons (Fsp3) is 0.188. The molecule has 5 nitrogen and oxygen atoms in total. The Morgan fingerprint density at radius 2 is 2.05 bits per heavy atom. The van der Waals surface area contributed by atoms with Crippen molar-refractivity contribution < 1.29 is 5.11 Å². The molecule has 0 unspecified atom stereocenters. The van der Waals surface area contributed by atoms with Crippen LogP contribution in [0.25, 0.3) is 22.5 Å². The van der Waals surface area contributed by atoms with E-state index in [-0.39, 0.29) is 11.8 Å². The highest BCUT2D eigenvalue weighted by Gasteiger charge is 2.16. The average Bonchev–Trinajstić information content (AvgIpc) is 2.92. The molecule has 0 aliphatic rings. The number of hydrogen-bond donors (Lipinski definition) is 1. The van der Waals surface area contributed by atoms with Crippen LogP contribution in [0.1, 0.15) is 19.9 Å². The van der Waals surface area contributed by atoms with Crippen LogP contribution in [-0.2, 0) is 0 Å². The minimum atomic E-state index is 0.107. The number of halogens is 1. The van der Waals surface area contributed by atoms with Gasteiger partial charge in [-0.25, -0.2) is 9.97 Å². The van der Waals surface area contributed by atoms with Gasteiger partial charge in [0.05, 0.1) is 5.69 Å². The highest BCUT2D eigenvalue weighted by Crippen LogP contribution is 2.34. The molecule has 3 aromatic rings. The molecule has 2 aromatic heterocycles. The van der Waals surface area contributed by atoms with Gasteiger partial charge in [-0.1, -0.05) is 11.6 Å². The van der Waals surface area contributed by atoms with Gasteiger partial charge in [-0.15, -0.1) is 0 Å². The van der Waals surface area contributed by atoms with Gasteiger partial charge in [0.1, 0.15) is 17.8 Å². The summed E-state index contributed by atoms with van der Waals surface area (Å²) < 4.78 is 1.87. The molecule has 0 atom stereocenters. The maximum absolute atomic E-state index is 9.79. The van der Waals surface area contributed by atoms with Gasteiger partial charge in [-0.2, -0.15) is 5.10 Å². The van der Waals surface area contributed by atoms with E-state index in [1.807, 2.05) is 16.9 Å². The smallest absolute Gasteiger partial charge is 0.117 e. The van der Waals surface area contributed by atoms with E-state index in [1.54, 1.807) is 18.3 Å². The SMILES string of the molecule is CC(C)n1cc(-c2ccncn2)c(-c2cc(O)cc(Cl)c2)n1. The first-order valence-electron chi connectivity index (χ1n) is 6.90. The zero-order valence-electron chi connectivity index (χ0n) is 12.2. The Labute approximate surface area is 133 Å². The van der Waals surface area contributed by atoms with Crippen molar-refractivity contribution in [2.75, 3.05) is 0 Å². The van der Waals surface area contributed by atoms with Crippen LogP contribution in [0, 0.1) is 0 Å². The summed E-state index contributed by atoms with van der Waals surface area (Å²) in [6.07, 6.45) is 5.13. The van der Waals surface area contributed by atoms with E-state index in [0.29, 0.717) is 5.02 Å². The van der Waals surface area contributed by atoms with Gasteiger partial charge < -0.3 is 5.11 Å². The zero-order chi connectivity index (χ0) is 15.7. The first-order chi connectivity index (χ1) is 10.5. The fourth-order valence-corrected chi connectivity index (χ4v) is 2.45. The van der Waals surface area contributed by atoms with Crippen LogP contribution in [0.2, 0.25) is 5.02 Å². The molecule has 0 saturated carbocycles. The third kappa shape index (κ3) is 2.80. The molecule has 6 heteroatoms. The van der Waals surface area contributed by atoms with Gasteiger partial charge in [0.2, 0.25) is 0 Å². The van der Waals surface area contributed by atoms with E-state index in [4.69, 9.17) is 11.6 Å². The number of hydrogen-bond acceptors (Lipinski definition) is 4. The molecule has 0 aliphatic heterocycles. The third-order valence-corrected chi connectivity index (χ3v) is 3.49. The van der Waals surface area contributed by atoms with Crippen LogP contribution in [0.4, 0.5) is 0 Å². The molecule has 0 saturated heterocycles. The number of rotatable bonds is 3. The molecule has 22 heavy (non-hydrogen) atoms. The quantitative estimate of drug-likeness (QED) is 0.795. The predicted molar refractivity (Wildman–Crippen MR) is 85.7 cm³/mol. The van der Waals surface area contributed by atoms with Crippen molar-refractivity contribution in [3.05, 3.63) is 48.0 Å². The normalized spacial score (nSPS) is 11.1. The van der Waals surface area contributed by atoms with E-state index in [9.17, 15) is 5.11 Å². The topological polar surface area (TPSA) is 63.8 Å². The Kier molecular flexibility index (Phi) is 3.81. The Morgan fingerprint density at radius 1 is 1.23 bits per heavy atom. The minimum Gasteiger partial charge on any atom is -0.508 e. The summed E-state index contributed by atoms with van der Waals surface area (Å²) in [6.45, 7) is 4.10. The monoisotopic (exact) mass is 314 g/mol. The Bertz CT molecular complexity index is 779. The first-order valence-corrected chi connectivity index (χ1v) is 7.28. The van der Waals surface area contributed by atoms with Crippen molar-refractivity contribution in [1.82, 2.24) is 19.7 Å². The molecule has 0 bridgehead atoms. The number of phenolic OH excluding ortho intramolecular Hbond substituents is 1. The highest BCUT2D eigenvalue weighted by molar-refractivity contribution is 6.31. The van der Waals surface area contributed by atoms with Crippen LogP contribution in [0.15, 0.2) is 43.0 Å². The predicted octanol–water partition coefficient (Wildman–Crippen LogP) is 3.95. The van der Waals surface area contributed by atoms with Crippen LogP contribution < -0.4 is 0 Å². The van der Waals surface area contributed by atoms with Crippen molar-refractivity contribution >= 4 is 11.6 Å². The van der Waals surface area contributed by atoms with Crippen LogP contribution in [0.5, 0.6) is 5.75 Å². The number of nitrogens with zero attached hydrogens (tertiary/aromatic N) is 4. The second-order valence-corrected chi connectivity index (χ2v) is 5.69. The summed E-state index contributed by atoms with van der Waals surface area (Å²) >= 11 is 6.05. The molecule has 0 fully saturated rings. The molecule has 3 rings (SSSR count). The number of aromatic hydroxyl groups is 1. The van der Waals surface area contributed by atoms with Gasteiger partial charge in [0.15, 0.2) is 0 Å². The molecule has 0 radical (unpaired) electrons. The van der Waals surface area contributed by atoms with Crippen molar-refractivity contribution in [1.29, 1.82) is 0 Å². The summed E-state index contributed by atoms with van der Waals surface area (Å²) in [6, 6.07) is 6.95. The van der Waals surface area contributed by atoms with E-state index >= 15 is 0 Å². The van der Waals surface area contributed by atoms with Crippen molar-refractivity contribution in [3.63, 3.8) is 0 Å². The largest absolute Gasteiger partial charge is 0.508 e. The Morgan fingerprint density at radius 3 is 2.68 bits per heavy atom. The fourth-order valence-electron chi connectivity index (χ4n) is 2.22. The van der Waals surface area contributed by atoms with E-state index in [1.165, 1.54) is 12.4 Å². The minimum absolute atomic E-state index is 0.107. The van der Waals surface area contributed by atoms with Crippen molar-refractivity contribution in [2.45, 2.75) is 19.9 Å². The lowest BCUT2D eigenvalue weighted by atomic mass is 10.1. The van der Waals surface area contributed by atoms with Crippen LogP contribution >= 0.6 is 11.6 Å². The lowest BCUT2D eigenvalue weighted by molar-refractivity contribution is 0.475. The van der Waals surface area contributed by atoms with E-state index in [0.717, 1.165) is 22.5 Å². The summed E-state index contributed by atoms with van der Waals surface area (Å²) in [4.78, 5) is 8.24. The van der Waals surface area contributed by atoms with Crippen LogP contribution in [-0.4, -0.2) is 24.9 Å². The molecule has 2 heterocycles. The first kappa shape index (κ1) is 14.5. The number of aromatic nitrogens is 4. The maximum Gasteiger partial charge on any atom is 0.117 e. The Hall–Kier alpha value is -2.40. The molecular weight excluding hydrogens is 300 g/mol. The van der Waals surface area contributed by atoms with E-state index in [2.05, 4.69) is 28.9 Å². The molecule has 112 valence electrons. The molecule has 0 spiro atoms. The lowest BCUT2D eigenvalue weighted by Crippen LogP contribution is -2.00. The number of benzene rings is 1. The van der Waals surface area contributed by atoms with Gasteiger partial charge >= 0.3 is 0 Å². The zero-order valence-corrected chi connectivity index (χ0v) is 13.0. The molecule has 0 amide bonds. The molecule has 1 N–H and O–H groups in total. The second-order valence-electron chi connectivity index (χ2n) is 5.26. The maximum atomic E-state index is 9.79. The Balaban J connectivity index is 2.21.